The Bertz CT molecular complexity index is 1450. The van der Waals surface area contributed by atoms with Gasteiger partial charge in [-0.25, -0.2) is 0 Å². The van der Waals surface area contributed by atoms with Crippen molar-refractivity contribution in [1.82, 2.24) is 0 Å². The van der Waals surface area contributed by atoms with E-state index in [1.165, 1.54) is 13.8 Å². The van der Waals surface area contributed by atoms with Gasteiger partial charge in [0.1, 0.15) is 5.41 Å². The maximum Gasteiger partial charge on any atom is 0.308 e. The molecule has 0 bridgehead atoms. The van der Waals surface area contributed by atoms with Crippen LogP contribution in [0.3, 0.4) is 0 Å². The number of ether oxygens (including phenoxy) is 1. The van der Waals surface area contributed by atoms with Crippen LogP contribution < -0.4 is 9.64 Å². The highest BCUT2D eigenvalue weighted by Crippen LogP contribution is 2.61. The van der Waals surface area contributed by atoms with E-state index in [-0.39, 0.29) is 17.3 Å². The Morgan fingerprint density at radius 2 is 1.47 bits per heavy atom. The van der Waals surface area contributed by atoms with Crippen molar-refractivity contribution in [1.29, 1.82) is 0 Å². The van der Waals surface area contributed by atoms with Gasteiger partial charge in [0.05, 0.1) is 17.8 Å². The fourth-order valence-corrected chi connectivity index (χ4v) is 6.41. The largest absolute Gasteiger partial charge is 0.424 e. The lowest BCUT2D eigenvalue weighted by Gasteiger charge is -2.37. The van der Waals surface area contributed by atoms with Crippen LogP contribution in [0.25, 0.3) is 6.08 Å². The normalized spacial score (nSPS) is 22.8. The van der Waals surface area contributed by atoms with E-state index >= 15 is 0 Å². The Morgan fingerprint density at radius 3 is 2.08 bits per heavy atom. The molecule has 1 saturated heterocycles. The van der Waals surface area contributed by atoms with Gasteiger partial charge in [0.15, 0.2) is 23.1 Å². The van der Waals surface area contributed by atoms with Crippen molar-refractivity contribution in [3.8, 4) is 5.75 Å². The molecule has 2 heterocycles. The molecular formula is C30H23NO5. The van der Waals surface area contributed by atoms with Crippen molar-refractivity contribution >= 4 is 35.1 Å². The third-order valence-corrected chi connectivity index (χ3v) is 7.62. The zero-order valence-corrected chi connectivity index (χ0v) is 19.8. The highest BCUT2D eigenvalue weighted by atomic mass is 16.5. The first-order valence-electron chi connectivity index (χ1n) is 11.9. The molecular weight excluding hydrogens is 454 g/mol. The van der Waals surface area contributed by atoms with Crippen molar-refractivity contribution in [2.24, 2.45) is 5.41 Å². The van der Waals surface area contributed by atoms with Gasteiger partial charge in [0, 0.05) is 29.5 Å². The van der Waals surface area contributed by atoms with Crippen molar-refractivity contribution in [2.45, 2.75) is 31.8 Å². The summed E-state index contributed by atoms with van der Waals surface area (Å²) in [6.45, 7) is 2.80. The summed E-state index contributed by atoms with van der Waals surface area (Å²) >= 11 is 0. The molecule has 3 aromatic rings. The van der Waals surface area contributed by atoms with Crippen molar-refractivity contribution < 1.29 is 23.9 Å². The number of hydrogen-bond acceptors (Lipinski definition) is 6. The molecule has 3 aliphatic rings. The minimum atomic E-state index is -1.54. The van der Waals surface area contributed by atoms with E-state index in [4.69, 9.17) is 4.74 Å². The molecule has 1 fully saturated rings. The Labute approximate surface area is 208 Å². The van der Waals surface area contributed by atoms with Crippen LogP contribution in [0.2, 0.25) is 0 Å². The smallest absolute Gasteiger partial charge is 0.308 e. The maximum atomic E-state index is 14.3. The summed E-state index contributed by atoms with van der Waals surface area (Å²) < 4.78 is 5.56. The quantitative estimate of drug-likeness (QED) is 0.311. The number of anilines is 1. The van der Waals surface area contributed by atoms with Gasteiger partial charge in [-0.3, -0.25) is 19.2 Å². The van der Waals surface area contributed by atoms with Gasteiger partial charge in [-0.15, -0.1) is 0 Å². The predicted molar refractivity (Wildman–Crippen MR) is 134 cm³/mol. The molecule has 0 N–H and O–H groups in total. The van der Waals surface area contributed by atoms with Gasteiger partial charge >= 0.3 is 5.97 Å². The van der Waals surface area contributed by atoms with Gasteiger partial charge in [0.25, 0.3) is 0 Å². The van der Waals surface area contributed by atoms with E-state index in [2.05, 4.69) is 0 Å². The molecule has 6 rings (SSSR count). The van der Waals surface area contributed by atoms with Crippen LogP contribution in [0.4, 0.5) is 5.69 Å². The van der Waals surface area contributed by atoms with Crippen LogP contribution in [-0.2, 0) is 9.59 Å². The zero-order valence-electron chi connectivity index (χ0n) is 19.8. The van der Waals surface area contributed by atoms with Gasteiger partial charge in [0.2, 0.25) is 0 Å². The average Bonchev–Trinajstić information content (AvgIpc) is 3.31. The van der Waals surface area contributed by atoms with E-state index in [1.807, 2.05) is 53.5 Å². The number of hydrogen-bond donors (Lipinski definition) is 0. The summed E-state index contributed by atoms with van der Waals surface area (Å²) in [7, 11) is 0. The third kappa shape index (κ3) is 2.78. The summed E-state index contributed by atoms with van der Waals surface area (Å²) in [5.74, 6) is -1.69. The lowest BCUT2D eigenvalue weighted by molar-refractivity contribution is -0.131. The van der Waals surface area contributed by atoms with Crippen LogP contribution in [0.15, 0.2) is 78.9 Å². The molecule has 3 atom stereocenters. The molecule has 3 unspecified atom stereocenters. The summed E-state index contributed by atoms with van der Waals surface area (Å²) in [5.41, 5.74) is 1.23. The summed E-state index contributed by atoms with van der Waals surface area (Å²) in [6, 6.07) is 19.9. The number of fused-ring (bicyclic) bond motifs is 5. The molecule has 6 nitrogen and oxygen atoms in total. The number of benzene rings is 3. The fraction of sp³-hybridized carbons (Fsp3) is 0.200. The number of esters is 1. The van der Waals surface area contributed by atoms with Crippen molar-refractivity contribution in [3.05, 3.63) is 101 Å². The first-order chi connectivity index (χ1) is 17.4. The summed E-state index contributed by atoms with van der Waals surface area (Å²) in [6.07, 6.45) is 3.69. The van der Waals surface area contributed by atoms with Crippen molar-refractivity contribution in [2.75, 3.05) is 4.90 Å². The van der Waals surface area contributed by atoms with E-state index in [9.17, 15) is 19.2 Å². The number of nitrogens with zero attached hydrogens (tertiary/aromatic N) is 1. The Balaban J connectivity index is 1.68. The Hall–Kier alpha value is -4.32. The lowest BCUT2D eigenvalue weighted by atomic mass is 9.64. The predicted octanol–water partition coefficient (Wildman–Crippen LogP) is 4.63. The van der Waals surface area contributed by atoms with Crippen molar-refractivity contribution in [3.63, 3.8) is 0 Å². The van der Waals surface area contributed by atoms with Gasteiger partial charge in [-0.2, -0.15) is 0 Å². The molecule has 0 amide bonds. The molecule has 36 heavy (non-hydrogen) atoms. The molecule has 6 heteroatoms. The molecule has 0 saturated carbocycles. The number of para-hydroxylation sites is 1. The third-order valence-electron chi connectivity index (χ3n) is 7.62. The second-order valence-electron chi connectivity index (χ2n) is 9.52. The second-order valence-corrected chi connectivity index (χ2v) is 9.52. The lowest BCUT2D eigenvalue weighted by Crippen LogP contribution is -2.48. The molecule has 2 aliphatic heterocycles. The van der Waals surface area contributed by atoms with Gasteiger partial charge < -0.3 is 9.64 Å². The molecule has 1 aliphatic carbocycles. The molecule has 0 radical (unpaired) electrons. The standard InChI is InChI=1S/C30H23NO5/c1-17(32)26-25(19-9-4-3-5-10-19)30(28(34)21-12-6-7-13-22(21)29(30)35)24-16-15-20-11-8-14-23(36-18(2)33)27(20)31(24)26/h3-16,24-26H,1-2H3. The first kappa shape index (κ1) is 22.2. The topological polar surface area (TPSA) is 80.8 Å². The minimum Gasteiger partial charge on any atom is -0.424 e. The molecule has 178 valence electrons. The Morgan fingerprint density at radius 1 is 0.833 bits per heavy atom. The highest BCUT2D eigenvalue weighted by molar-refractivity contribution is 6.32. The first-order valence-corrected chi connectivity index (χ1v) is 11.9. The molecule has 3 aromatic carbocycles. The van der Waals surface area contributed by atoms with Gasteiger partial charge in [-0.1, -0.05) is 78.9 Å². The van der Waals surface area contributed by atoms with E-state index in [0.717, 1.165) is 11.1 Å². The van der Waals surface area contributed by atoms with E-state index < -0.39 is 29.4 Å². The number of ketones is 3. The van der Waals surface area contributed by atoms with Crippen LogP contribution in [-0.4, -0.2) is 35.4 Å². The zero-order chi connectivity index (χ0) is 25.2. The maximum absolute atomic E-state index is 14.3. The molecule has 0 aromatic heterocycles. The molecule has 1 spiro atoms. The number of carbonyl (C=O) groups excluding carboxylic acids is 4. The minimum absolute atomic E-state index is 0.179. The highest BCUT2D eigenvalue weighted by Gasteiger charge is 2.71. The van der Waals surface area contributed by atoms with E-state index in [0.29, 0.717) is 22.6 Å². The van der Waals surface area contributed by atoms with Crippen LogP contribution in [0.5, 0.6) is 5.75 Å². The Kier molecular flexibility index (Phi) is 4.83. The van der Waals surface area contributed by atoms with Crippen LogP contribution in [0.1, 0.15) is 51.6 Å². The fourth-order valence-electron chi connectivity index (χ4n) is 6.41. The monoisotopic (exact) mass is 477 g/mol. The SMILES string of the molecule is CC(=O)Oc1cccc2c1N1C(C(C)=O)C(c3ccccc3)C3(C(=O)c4ccccc4C3=O)C1C=C2. The number of Topliss-reactive ketones (excluding diaryl/α,β-unsaturated/α-hetero) is 3. The average molecular weight is 478 g/mol. The second kappa shape index (κ2) is 7.85. The van der Waals surface area contributed by atoms with Gasteiger partial charge in [-0.05, 0) is 18.6 Å². The summed E-state index contributed by atoms with van der Waals surface area (Å²) in [5, 5.41) is 0. The number of rotatable bonds is 3. The van der Waals surface area contributed by atoms with Crippen LogP contribution in [0, 0.1) is 5.41 Å². The van der Waals surface area contributed by atoms with Crippen LogP contribution >= 0.6 is 0 Å². The van der Waals surface area contributed by atoms with E-state index in [1.54, 1.807) is 36.4 Å². The summed E-state index contributed by atoms with van der Waals surface area (Å²) in [4.78, 5) is 55.9. The number of carbonyl (C=O) groups is 4.